The van der Waals surface area contributed by atoms with Crippen molar-refractivity contribution < 1.29 is 8.83 Å². The lowest BCUT2D eigenvalue weighted by atomic mass is 10.0. The maximum absolute atomic E-state index is 6.72. The molecule has 0 spiro atoms. The zero-order valence-electron chi connectivity index (χ0n) is 26.9. The fourth-order valence-electron chi connectivity index (χ4n) is 7.98. The summed E-state index contributed by atoms with van der Waals surface area (Å²) in [7, 11) is 0. The van der Waals surface area contributed by atoms with Crippen LogP contribution in [-0.4, -0.2) is 4.57 Å². The van der Waals surface area contributed by atoms with Crippen LogP contribution in [0.5, 0.6) is 0 Å². The Bertz CT molecular complexity index is 3110. The highest BCUT2D eigenvalue weighted by atomic mass is 16.3. The van der Waals surface area contributed by atoms with E-state index < -0.39 is 0 Å². The molecule has 0 aliphatic carbocycles. The predicted molar refractivity (Wildman–Crippen MR) is 208 cm³/mol. The van der Waals surface area contributed by atoms with E-state index in [-0.39, 0.29) is 0 Å². The van der Waals surface area contributed by atoms with Crippen molar-refractivity contribution in [3.8, 4) is 5.69 Å². The molecule has 0 unspecified atom stereocenters. The molecule has 0 saturated carbocycles. The summed E-state index contributed by atoms with van der Waals surface area (Å²) in [5.74, 6) is 0. The number of nitrogens with zero attached hydrogens (tertiary/aromatic N) is 2. The second kappa shape index (κ2) is 10.4. The van der Waals surface area contributed by atoms with Crippen molar-refractivity contribution in [3.63, 3.8) is 0 Å². The van der Waals surface area contributed by atoms with Crippen LogP contribution in [0.4, 0.5) is 17.1 Å². The summed E-state index contributed by atoms with van der Waals surface area (Å²) >= 11 is 0. The van der Waals surface area contributed by atoms with Crippen LogP contribution >= 0.6 is 0 Å². The van der Waals surface area contributed by atoms with Crippen molar-refractivity contribution in [1.82, 2.24) is 4.57 Å². The van der Waals surface area contributed by atoms with E-state index in [0.717, 1.165) is 82.9 Å². The number of rotatable bonds is 4. The van der Waals surface area contributed by atoms with Crippen molar-refractivity contribution in [2.45, 2.75) is 0 Å². The molecule has 0 fully saturated rings. The highest BCUT2D eigenvalue weighted by Crippen LogP contribution is 2.48. The second-order valence-electron chi connectivity index (χ2n) is 12.9. The molecule has 8 aromatic carbocycles. The Kier molecular flexibility index (Phi) is 5.63. The van der Waals surface area contributed by atoms with E-state index in [2.05, 4.69) is 155 Å². The highest BCUT2D eigenvalue weighted by molar-refractivity contribution is 6.21. The lowest BCUT2D eigenvalue weighted by Crippen LogP contribution is -2.11. The Labute approximate surface area is 286 Å². The van der Waals surface area contributed by atoms with Gasteiger partial charge in [0.25, 0.3) is 0 Å². The van der Waals surface area contributed by atoms with Crippen LogP contribution in [0.15, 0.2) is 179 Å². The van der Waals surface area contributed by atoms with Gasteiger partial charge in [0.05, 0.1) is 22.4 Å². The van der Waals surface area contributed by atoms with Gasteiger partial charge in [-0.1, -0.05) is 109 Å². The number of aromatic nitrogens is 1. The Hall–Kier alpha value is -6.78. The maximum atomic E-state index is 6.72. The van der Waals surface area contributed by atoms with Crippen molar-refractivity contribution in [1.29, 1.82) is 0 Å². The summed E-state index contributed by atoms with van der Waals surface area (Å²) < 4.78 is 15.6. The number of hydrogen-bond donors (Lipinski definition) is 0. The van der Waals surface area contributed by atoms with Crippen molar-refractivity contribution in [3.05, 3.63) is 170 Å². The fraction of sp³-hybridized carbons (Fsp3) is 0. The first-order chi connectivity index (χ1) is 24.8. The summed E-state index contributed by atoms with van der Waals surface area (Å²) in [6.07, 6.45) is 0. The van der Waals surface area contributed by atoms with Crippen LogP contribution in [0.3, 0.4) is 0 Å². The van der Waals surface area contributed by atoms with E-state index in [4.69, 9.17) is 8.83 Å². The van der Waals surface area contributed by atoms with Gasteiger partial charge in [0.15, 0.2) is 5.58 Å². The molecule has 0 saturated heterocycles. The van der Waals surface area contributed by atoms with Gasteiger partial charge >= 0.3 is 0 Å². The molecular weight excluding hydrogens is 613 g/mol. The Morgan fingerprint density at radius 1 is 0.360 bits per heavy atom. The second-order valence-corrected chi connectivity index (χ2v) is 12.9. The van der Waals surface area contributed by atoms with Gasteiger partial charge in [-0.15, -0.1) is 0 Å². The third-order valence-electron chi connectivity index (χ3n) is 10.2. The van der Waals surface area contributed by atoms with Gasteiger partial charge in [-0.2, -0.15) is 0 Å². The molecule has 3 aromatic heterocycles. The van der Waals surface area contributed by atoms with Gasteiger partial charge in [0.1, 0.15) is 16.7 Å². The fourth-order valence-corrected chi connectivity index (χ4v) is 7.98. The lowest BCUT2D eigenvalue weighted by Gasteiger charge is -2.27. The van der Waals surface area contributed by atoms with E-state index in [1.165, 1.54) is 16.3 Å². The van der Waals surface area contributed by atoms with Gasteiger partial charge in [-0.25, -0.2) is 0 Å². The molecule has 234 valence electrons. The first kappa shape index (κ1) is 27.2. The summed E-state index contributed by atoms with van der Waals surface area (Å²) in [5.41, 5.74) is 10.0. The van der Waals surface area contributed by atoms with E-state index in [0.29, 0.717) is 0 Å². The molecule has 0 aliphatic heterocycles. The highest BCUT2D eigenvalue weighted by Gasteiger charge is 2.24. The predicted octanol–water partition coefficient (Wildman–Crippen LogP) is 13.2. The Balaban J connectivity index is 1.27. The van der Waals surface area contributed by atoms with Crippen LogP contribution in [0.1, 0.15) is 0 Å². The third kappa shape index (κ3) is 3.81. The van der Waals surface area contributed by atoms with Crippen molar-refractivity contribution in [2.24, 2.45) is 0 Å². The van der Waals surface area contributed by atoms with E-state index >= 15 is 0 Å². The molecule has 4 nitrogen and oxygen atoms in total. The van der Waals surface area contributed by atoms with Gasteiger partial charge in [0, 0.05) is 54.5 Å². The first-order valence-electron chi connectivity index (χ1n) is 16.9. The number of fused-ring (bicyclic) bond motifs is 11. The molecule has 0 atom stereocenters. The summed E-state index contributed by atoms with van der Waals surface area (Å²) in [6.45, 7) is 0. The minimum Gasteiger partial charge on any atom is -0.455 e. The average molecular weight is 641 g/mol. The molecule has 0 bridgehead atoms. The summed E-state index contributed by atoms with van der Waals surface area (Å²) in [4.78, 5) is 2.38. The van der Waals surface area contributed by atoms with Crippen LogP contribution < -0.4 is 4.90 Å². The summed E-state index contributed by atoms with van der Waals surface area (Å²) in [5, 5.41) is 8.92. The quantitative estimate of drug-likeness (QED) is 0.192. The number of hydrogen-bond acceptors (Lipinski definition) is 3. The largest absolute Gasteiger partial charge is 0.455 e. The molecule has 4 heteroatoms. The molecule has 11 rings (SSSR count). The Morgan fingerprint density at radius 3 is 1.74 bits per heavy atom. The molecule has 11 aromatic rings. The SMILES string of the molecule is c1ccc(-n2c3ccccc3c3cc(N(c4cc5c6ccccc6oc5c5ccccc45)c4cccc5c4oc4ccccc45)ccc32)cc1. The average Bonchev–Trinajstić information content (AvgIpc) is 3.85. The van der Waals surface area contributed by atoms with Gasteiger partial charge < -0.3 is 18.3 Å². The standard InChI is InChI=1S/C46H28N2O2/c1-2-13-29(14-3-1)47-39-21-9-6-16-32(39)37-27-30(25-26-40(37)47)48(41-22-12-20-36-33-17-7-10-23-43(33)50-46(36)41)42-28-38-34-18-8-11-24-44(34)49-45(38)35-19-5-4-15-31(35)42/h1-28H. The molecule has 50 heavy (non-hydrogen) atoms. The van der Waals surface area contributed by atoms with Crippen LogP contribution in [0.25, 0.3) is 82.1 Å². The first-order valence-corrected chi connectivity index (χ1v) is 16.9. The number of furan rings is 2. The minimum atomic E-state index is 0.849. The lowest BCUT2D eigenvalue weighted by molar-refractivity contribution is 0.669. The zero-order valence-corrected chi connectivity index (χ0v) is 26.9. The number of para-hydroxylation sites is 5. The van der Waals surface area contributed by atoms with Gasteiger partial charge in [-0.05, 0) is 60.7 Å². The monoisotopic (exact) mass is 640 g/mol. The number of benzene rings is 8. The minimum absolute atomic E-state index is 0.849. The number of anilines is 3. The van der Waals surface area contributed by atoms with Crippen LogP contribution in [0.2, 0.25) is 0 Å². The molecule has 0 amide bonds. The van der Waals surface area contributed by atoms with Gasteiger partial charge in [0.2, 0.25) is 0 Å². The maximum Gasteiger partial charge on any atom is 0.159 e. The zero-order chi connectivity index (χ0) is 32.8. The molecule has 0 radical (unpaired) electrons. The van der Waals surface area contributed by atoms with E-state index in [1.807, 2.05) is 24.3 Å². The van der Waals surface area contributed by atoms with Gasteiger partial charge in [-0.3, -0.25) is 0 Å². The topological polar surface area (TPSA) is 34.5 Å². The Morgan fingerprint density at radius 2 is 0.940 bits per heavy atom. The van der Waals surface area contributed by atoms with Crippen molar-refractivity contribution >= 4 is 93.5 Å². The van der Waals surface area contributed by atoms with E-state index in [1.54, 1.807) is 0 Å². The van der Waals surface area contributed by atoms with E-state index in [9.17, 15) is 0 Å². The third-order valence-corrected chi connectivity index (χ3v) is 10.2. The normalized spacial score (nSPS) is 12.0. The molecule has 0 aliphatic rings. The molecule has 3 heterocycles. The summed E-state index contributed by atoms with van der Waals surface area (Å²) in [6, 6.07) is 60.1. The van der Waals surface area contributed by atoms with Crippen LogP contribution in [0, 0.1) is 0 Å². The van der Waals surface area contributed by atoms with Crippen LogP contribution in [-0.2, 0) is 0 Å². The van der Waals surface area contributed by atoms with Crippen molar-refractivity contribution in [2.75, 3.05) is 4.90 Å². The smallest absolute Gasteiger partial charge is 0.159 e. The molecule has 0 N–H and O–H groups in total. The molecular formula is C46H28N2O2.